The van der Waals surface area contributed by atoms with Crippen molar-refractivity contribution in [2.75, 3.05) is 0 Å². The molecule has 0 bridgehead atoms. The van der Waals surface area contributed by atoms with Crippen LogP contribution >= 0.6 is 34.8 Å². The van der Waals surface area contributed by atoms with Gasteiger partial charge in [0, 0.05) is 5.56 Å². The molecule has 2 aromatic rings. The Morgan fingerprint density at radius 3 is 2.30 bits per heavy atom. The van der Waals surface area contributed by atoms with E-state index < -0.39 is 5.92 Å². The summed E-state index contributed by atoms with van der Waals surface area (Å²) in [7, 11) is 0. The number of hydrogen-bond acceptors (Lipinski definition) is 2. The molecule has 0 N–H and O–H groups in total. The molecular weight excluding hydrogens is 317 g/mol. The van der Waals surface area contributed by atoms with Crippen molar-refractivity contribution in [3.8, 4) is 6.07 Å². The van der Waals surface area contributed by atoms with E-state index in [1.807, 2.05) is 6.07 Å². The summed E-state index contributed by atoms with van der Waals surface area (Å²) in [5.41, 5.74) is 0.804. The predicted molar refractivity (Wildman–Crippen MR) is 80.6 cm³/mol. The van der Waals surface area contributed by atoms with E-state index in [0.717, 1.165) is 0 Å². The van der Waals surface area contributed by atoms with E-state index >= 15 is 0 Å². The third-order valence-electron chi connectivity index (χ3n) is 2.81. The van der Waals surface area contributed by atoms with Crippen LogP contribution in [-0.4, -0.2) is 5.78 Å². The van der Waals surface area contributed by atoms with Gasteiger partial charge in [-0.25, -0.2) is 0 Å². The average Bonchev–Trinajstić information content (AvgIpc) is 2.44. The Kier molecular flexibility index (Phi) is 4.67. The zero-order chi connectivity index (χ0) is 14.7. The number of rotatable bonds is 3. The summed E-state index contributed by atoms with van der Waals surface area (Å²) in [5.74, 6) is -1.33. The van der Waals surface area contributed by atoms with Crippen LogP contribution in [0.25, 0.3) is 0 Å². The summed E-state index contributed by atoms with van der Waals surface area (Å²) in [6, 6.07) is 13.3. The molecule has 0 amide bonds. The maximum Gasteiger partial charge on any atom is 0.185 e. The second-order valence-electron chi connectivity index (χ2n) is 4.08. The van der Waals surface area contributed by atoms with Crippen LogP contribution < -0.4 is 0 Å². The Morgan fingerprint density at radius 2 is 1.70 bits per heavy atom. The van der Waals surface area contributed by atoms with E-state index in [-0.39, 0.29) is 5.78 Å². The number of hydrogen-bond donors (Lipinski definition) is 0. The van der Waals surface area contributed by atoms with Crippen LogP contribution in [0.3, 0.4) is 0 Å². The molecule has 0 aromatic heterocycles. The highest BCUT2D eigenvalue weighted by Gasteiger charge is 2.24. The van der Waals surface area contributed by atoms with Crippen molar-refractivity contribution in [3.63, 3.8) is 0 Å². The lowest BCUT2D eigenvalue weighted by Gasteiger charge is -2.10. The molecule has 0 saturated carbocycles. The van der Waals surface area contributed by atoms with Gasteiger partial charge in [0.15, 0.2) is 5.78 Å². The first-order valence-corrected chi connectivity index (χ1v) is 6.81. The summed E-state index contributed by atoms with van der Waals surface area (Å²) >= 11 is 17.7. The number of Topliss-reactive ketones (excluding diaryl/α,β-unsaturated/α-hetero) is 1. The number of halogens is 3. The van der Waals surface area contributed by atoms with Crippen molar-refractivity contribution in [2.24, 2.45) is 0 Å². The Hall–Kier alpha value is -1.53. The zero-order valence-corrected chi connectivity index (χ0v) is 12.4. The fourth-order valence-corrected chi connectivity index (χ4v) is 2.33. The summed E-state index contributed by atoms with van der Waals surface area (Å²) < 4.78 is 0. The van der Waals surface area contributed by atoms with Crippen LogP contribution in [0.1, 0.15) is 21.8 Å². The fourth-order valence-electron chi connectivity index (χ4n) is 1.79. The molecule has 0 spiro atoms. The van der Waals surface area contributed by atoms with Crippen LogP contribution in [0.5, 0.6) is 0 Å². The van der Waals surface area contributed by atoms with E-state index in [1.165, 1.54) is 6.07 Å². The van der Waals surface area contributed by atoms with Gasteiger partial charge in [0.25, 0.3) is 0 Å². The van der Waals surface area contributed by atoms with Crippen LogP contribution in [0.2, 0.25) is 15.1 Å². The molecule has 0 saturated heterocycles. The Labute approximate surface area is 131 Å². The van der Waals surface area contributed by atoms with Crippen molar-refractivity contribution in [1.29, 1.82) is 5.26 Å². The number of benzene rings is 2. The molecule has 1 unspecified atom stereocenters. The summed E-state index contributed by atoms with van der Waals surface area (Å²) in [6.45, 7) is 0. The maximum atomic E-state index is 12.4. The molecule has 1 atom stereocenters. The highest BCUT2D eigenvalue weighted by atomic mass is 35.5. The SMILES string of the molecule is N#CC(C(=O)c1ccccc1Cl)c1ccc(Cl)c(Cl)c1. The number of carbonyl (C=O) groups is 1. The molecule has 0 aliphatic rings. The molecule has 0 heterocycles. The minimum absolute atomic E-state index is 0.302. The molecule has 2 rings (SSSR count). The minimum Gasteiger partial charge on any atom is -0.292 e. The standard InChI is InChI=1S/C15H8Cl3NO/c16-12-4-2-1-3-10(12)15(20)11(8-19)9-5-6-13(17)14(18)7-9/h1-7,11H. The first kappa shape index (κ1) is 14.9. The van der Waals surface area contributed by atoms with Gasteiger partial charge >= 0.3 is 0 Å². The second-order valence-corrected chi connectivity index (χ2v) is 5.30. The van der Waals surface area contributed by atoms with E-state index in [9.17, 15) is 10.1 Å². The van der Waals surface area contributed by atoms with Gasteiger partial charge in [-0.3, -0.25) is 4.79 Å². The average molecular weight is 325 g/mol. The van der Waals surface area contributed by atoms with Crippen molar-refractivity contribution < 1.29 is 4.79 Å². The van der Waals surface area contributed by atoms with Crippen molar-refractivity contribution in [2.45, 2.75) is 5.92 Å². The molecule has 0 aliphatic heterocycles. The smallest absolute Gasteiger partial charge is 0.185 e. The molecular formula is C15H8Cl3NO. The second kappa shape index (κ2) is 6.28. The quantitative estimate of drug-likeness (QED) is 0.734. The largest absolute Gasteiger partial charge is 0.292 e. The molecule has 2 nitrogen and oxygen atoms in total. The summed E-state index contributed by atoms with van der Waals surface area (Å²) in [5, 5.41) is 10.3. The maximum absolute atomic E-state index is 12.4. The zero-order valence-electron chi connectivity index (χ0n) is 10.1. The van der Waals surface area contributed by atoms with Gasteiger partial charge in [-0.05, 0) is 29.8 Å². The molecule has 0 fully saturated rings. The summed E-state index contributed by atoms with van der Waals surface area (Å²) in [4.78, 5) is 12.4. The van der Waals surface area contributed by atoms with Crippen LogP contribution in [0.4, 0.5) is 0 Å². The van der Waals surface area contributed by atoms with Crippen molar-refractivity contribution in [3.05, 3.63) is 68.7 Å². The topological polar surface area (TPSA) is 40.9 Å². The Balaban J connectivity index is 2.43. The summed E-state index contributed by atoms with van der Waals surface area (Å²) in [6.07, 6.45) is 0. The lowest BCUT2D eigenvalue weighted by Crippen LogP contribution is -2.11. The highest BCUT2D eigenvalue weighted by molar-refractivity contribution is 6.42. The highest BCUT2D eigenvalue weighted by Crippen LogP contribution is 2.29. The first-order chi connectivity index (χ1) is 9.54. The van der Waals surface area contributed by atoms with E-state index in [2.05, 4.69) is 0 Å². The molecule has 0 radical (unpaired) electrons. The minimum atomic E-state index is -0.968. The van der Waals surface area contributed by atoms with Crippen LogP contribution in [0, 0.1) is 11.3 Å². The predicted octanol–water partition coefficient (Wildman–Crippen LogP) is 5.14. The number of nitriles is 1. The number of nitrogens with zero attached hydrogens (tertiary/aromatic N) is 1. The lowest BCUT2D eigenvalue weighted by atomic mass is 9.92. The van der Waals surface area contributed by atoms with Gasteiger partial charge in [-0.2, -0.15) is 5.26 Å². The normalized spacial score (nSPS) is 11.7. The number of ketones is 1. The number of carbonyl (C=O) groups excluding carboxylic acids is 1. The van der Waals surface area contributed by atoms with Gasteiger partial charge < -0.3 is 0 Å². The van der Waals surface area contributed by atoms with Crippen molar-refractivity contribution >= 4 is 40.6 Å². The monoisotopic (exact) mass is 323 g/mol. The Morgan fingerprint density at radius 1 is 1.00 bits per heavy atom. The third kappa shape index (κ3) is 2.96. The van der Waals surface area contributed by atoms with Crippen LogP contribution in [0.15, 0.2) is 42.5 Å². The third-order valence-corrected chi connectivity index (χ3v) is 3.88. The lowest BCUT2D eigenvalue weighted by molar-refractivity contribution is 0.0979. The Bertz CT molecular complexity index is 707. The molecule has 20 heavy (non-hydrogen) atoms. The van der Waals surface area contributed by atoms with Gasteiger partial charge in [-0.15, -0.1) is 0 Å². The molecule has 0 aliphatic carbocycles. The van der Waals surface area contributed by atoms with E-state index in [4.69, 9.17) is 34.8 Å². The molecule has 100 valence electrons. The van der Waals surface area contributed by atoms with E-state index in [0.29, 0.717) is 26.2 Å². The van der Waals surface area contributed by atoms with Gasteiger partial charge in [0.05, 0.1) is 21.1 Å². The molecule has 2 aromatic carbocycles. The fraction of sp³-hybridized carbons (Fsp3) is 0.0667. The van der Waals surface area contributed by atoms with Gasteiger partial charge in [0.2, 0.25) is 0 Å². The van der Waals surface area contributed by atoms with E-state index in [1.54, 1.807) is 36.4 Å². The van der Waals surface area contributed by atoms with Gasteiger partial charge in [-0.1, -0.05) is 53.0 Å². The van der Waals surface area contributed by atoms with Crippen molar-refractivity contribution in [1.82, 2.24) is 0 Å². The molecule has 5 heteroatoms. The first-order valence-electron chi connectivity index (χ1n) is 5.68. The van der Waals surface area contributed by atoms with Gasteiger partial charge in [0.1, 0.15) is 5.92 Å². The van der Waals surface area contributed by atoms with Crippen LogP contribution in [-0.2, 0) is 0 Å².